The monoisotopic (exact) mass is 560 g/mol. The summed E-state index contributed by atoms with van der Waals surface area (Å²) in [6, 6.07) is 31.7. The quantitative estimate of drug-likeness (QED) is 0.193. The number of hydrogen-bond donors (Lipinski definition) is 0. The number of carbonyl (C=O) groups excluding carboxylic acids is 1. The van der Waals surface area contributed by atoms with E-state index in [9.17, 15) is 4.79 Å². The Labute approximate surface area is 237 Å². The average molecular weight is 561 g/mol. The average Bonchev–Trinajstić information content (AvgIpc) is 2.93. The summed E-state index contributed by atoms with van der Waals surface area (Å²) in [6.45, 7) is 15.8. The van der Waals surface area contributed by atoms with Gasteiger partial charge in [0.1, 0.15) is 6.10 Å². The Bertz CT molecular complexity index is 1110. The highest BCUT2D eigenvalue weighted by Crippen LogP contribution is 2.41. The molecule has 0 N–H and O–H groups in total. The van der Waals surface area contributed by atoms with Crippen LogP contribution in [0.1, 0.15) is 41.0 Å². The zero-order valence-corrected chi connectivity index (χ0v) is 26.5. The second kappa shape index (κ2) is 11.9. The van der Waals surface area contributed by atoms with E-state index in [0.29, 0.717) is 13.0 Å². The topological polar surface area (TPSA) is 44.8 Å². The van der Waals surface area contributed by atoms with E-state index in [-0.39, 0.29) is 35.1 Å². The Balaban J connectivity index is 1.62. The van der Waals surface area contributed by atoms with Gasteiger partial charge in [0.2, 0.25) is 0 Å². The molecule has 0 amide bonds. The Morgan fingerprint density at radius 3 is 1.62 bits per heavy atom. The molecule has 0 spiro atoms. The van der Waals surface area contributed by atoms with Crippen LogP contribution in [0.2, 0.25) is 18.1 Å². The van der Waals surface area contributed by atoms with Crippen molar-refractivity contribution in [2.24, 2.45) is 11.8 Å². The van der Waals surface area contributed by atoms with E-state index < -0.39 is 16.6 Å². The summed E-state index contributed by atoms with van der Waals surface area (Å²) in [7, 11) is -4.87. The fourth-order valence-electron chi connectivity index (χ4n) is 5.31. The second-order valence-electron chi connectivity index (χ2n) is 12.4. The third kappa shape index (κ3) is 6.14. The molecule has 0 radical (unpaired) electrons. The molecule has 1 saturated heterocycles. The second-order valence-corrected chi connectivity index (χ2v) is 20.5. The maximum absolute atomic E-state index is 13.0. The first-order chi connectivity index (χ1) is 18.5. The maximum Gasteiger partial charge on any atom is 0.311 e. The third-order valence-electron chi connectivity index (χ3n) is 8.74. The fraction of sp³-hybridized carbons (Fsp3) is 0.424. The molecular weight excluding hydrogens is 517 g/mol. The van der Waals surface area contributed by atoms with Crippen molar-refractivity contribution in [2.75, 3.05) is 6.61 Å². The predicted octanol–water partition coefficient (Wildman–Crippen LogP) is 5.65. The summed E-state index contributed by atoms with van der Waals surface area (Å²) in [6.07, 6.45) is 0.215. The van der Waals surface area contributed by atoms with Crippen molar-refractivity contribution in [2.45, 2.75) is 71.4 Å². The Morgan fingerprint density at radius 2 is 1.21 bits per heavy atom. The molecule has 3 aromatic rings. The van der Waals surface area contributed by atoms with E-state index in [0.717, 1.165) is 0 Å². The van der Waals surface area contributed by atoms with Gasteiger partial charge in [-0.15, -0.1) is 0 Å². The van der Waals surface area contributed by atoms with Crippen LogP contribution in [0.15, 0.2) is 91.0 Å². The molecular formula is C33H44O4Si2. The van der Waals surface area contributed by atoms with Crippen LogP contribution in [0.3, 0.4) is 0 Å². The number of esters is 1. The van der Waals surface area contributed by atoms with Gasteiger partial charge in [-0.2, -0.15) is 0 Å². The van der Waals surface area contributed by atoms with Gasteiger partial charge < -0.3 is 13.6 Å². The fourth-order valence-corrected chi connectivity index (χ4v) is 10.7. The standard InChI is InChI=1S/C33H44O4Si2/c1-25-30(36-32(34)26(2)31(25)37-38(6,7)33(3,4)5)23-24-35-39(27-17-11-8-12-18-27,28-19-13-9-14-20-28)29-21-15-10-16-22-29/h8-22,25-26,30-31H,23-24H2,1-7H3/t25-,26+,30+,31-/m0/s1. The van der Waals surface area contributed by atoms with Gasteiger partial charge >= 0.3 is 5.97 Å². The molecule has 4 atom stereocenters. The Morgan fingerprint density at radius 1 is 0.769 bits per heavy atom. The van der Waals surface area contributed by atoms with Crippen molar-refractivity contribution in [3.8, 4) is 0 Å². The minimum absolute atomic E-state index is 0.0681. The van der Waals surface area contributed by atoms with E-state index in [1.54, 1.807) is 0 Å². The van der Waals surface area contributed by atoms with Crippen molar-refractivity contribution in [3.63, 3.8) is 0 Å². The van der Waals surface area contributed by atoms with Crippen LogP contribution in [-0.4, -0.2) is 41.4 Å². The van der Waals surface area contributed by atoms with Gasteiger partial charge in [-0.1, -0.05) is 119 Å². The first-order valence-electron chi connectivity index (χ1n) is 14.2. The lowest BCUT2D eigenvalue weighted by molar-refractivity contribution is -0.176. The zero-order valence-electron chi connectivity index (χ0n) is 24.5. The minimum atomic E-state index is -2.81. The third-order valence-corrected chi connectivity index (χ3v) is 17.3. The molecule has 0 bridgehead atoms. The Hall–Kier alpha value is -2.52. The highest BCUT2D eigenvalue weighted by atomic mass is 28.4. The van der Waals surface area contributed by atoms with Gasteiger partial charge in [0, 0.05) is 18.9 Å². The SMILES string of the molecule is C[C@@H]1[C@H](O[Si](C)(C)C(C)(C)C)[C@@H](C)C(=O)O[C@@H]1CCO[Si](c1ccccc1)(c1ccccc1)c1ccccc1. The maximum atomic E-state index is 13.0. The van der Waals surface area contributed by atoms with Crippen LogP contribution in [0.4, 0.5) is 0 Å². The summed E-state index contributed by atoms with van der Waals surface area (Å²) in [5, 5.41) is 3.66. The van der Waals surface area contributed by atoms with Gasteiger partial charge in [0.15, 0.2) is 8.32 Å². The smallest absolute Gasteiger partial charge is 0.311 e. The van der Waals surface area contributed by atoms with E-state index in [4.69, 9.17) is 13.6 Å². The van der Waals surface area contributed by atoms with Gasteiger partial charge in [-0.3, -0.25) is 4.79 Å². The molecule has 0 aliphatic carbocycles. The van der Waals surface area contributed by atoms with Gasteiger partial charge in [0.25, 0.3) is 8.32 Å². The summed E-state index contributed by atoms with van der Waals surface area (Å²) in [5.74, 6) is -0.367. The van der Waals surface area contributed by atoms with Crippen LogP contribution >= 0.6 is 0 Å². The summed E-state index contributed by atoms with van der Waals surface area (Å²) < 4.78 is 19.9. The number of carbonyl (C=O) groups is 1. The van der Waals surface area contributed by atoms with Crippen LogP contribution < -0.4 is 15.6 Å². The molecule has 1 aliphatic rings. The lowest BCUT2D eigenvalue weighted by Gasteiger charge is -2.46. The van der Waals surface area contributed by atoms with Crippen LogP contribution in [0, 0.1) is 11.8 Å². The van der Waals surface area contributed by atoms with Gasteiger partial charge in [-0.25, -0.2) is 0 Å². The number of benzene rings is 3. The molecule has 0 saturated carbocycles. The molecule has 4 nitrogen and oxygen atoms in total. The summed E-state index contributed by atoms with van der Waals surface area (Å²) in [5.41, 5.74) is 0. The number of ether oxygens (including phenoxy) is 1. The molecule has 0 aromatic heterocycles. The van der Waals surface area contributed by atoms with E-state index in [1.807, 2.05) is 25.1 Å². The molecule has 1 heterocycles. The van der Waals surface area contributed by atoms with Crippen molar-refractivity contribution in [1.29, 1.82) is 0 Å². The van der Waals surface area contributed by atoms with Crippen molar-refractivity contribution < 1.29 is 18.4 Å². The summed E-state index contributed by atoms with van der Waals surface area (Å²) in [4.78, 5) is 13.0. The number of rotatable bonds is 9. The largest absolute Gasteiger partial charge is 0.462 e. The number of cyclic esters (lactones) is 1. The lowest BCUT2D eigenvalue weighted by Crippen LogP contribution is -2.69. The molecule has 1 aliphatic heterocycles. The normalized spacial score (nSPS) is 22.4. The zero-order chi connectivity index (χ0) is 28.3. The first-order valence-corrected chi connectivity index (χ1v) is 19.0. The molecule has 39 heavy (non-hydrogen) atoms. The van der Waals surface area contributed by atoms with Crippen LogP contribution in [0.25, 0.3) is 0 Å². The lowest BCUT2D eigenvalue weighted by atomic mass is 9.85. The van der Waals surface area contributed by atoms with Crippen molar-refractivity contribution in [3.05, 3.63) is 91.0 Å². The van der Waals surface area contributed by atoms with E-state index in [2.05, 4.69) is 114 Å². The van der Waals surface area contributed by atoms with Gasteiger partial charge in [0.05, 0.1) is 12.0 Å². The highest BCUT2D eigenvalue weighted by molar-refractivity contribution is 7.07. The van der Waals surface area contributed by atoms with E-state index >= 15 is 0 Å². The summed E-state index contributed by atoms with van der Waals surface area (Å²) >= 11 is 0. The number of hydrogen-bond acceptors (Lipinski definition) is 4. The van der Waals surface area contributed by atoms with Gasteiger partial charge in [-0.05, 0) is 40.6 Å². The van der Waals surface area contributed by atoms with E-state index in [1.165, 1.54) is 15.6 Å². The molecule has 208 valence electrons. The van der Waals surface area contributed by atoms with Crippen molar-refractivity contribution >= 4 is 38.2 Å². The molecule has 3 aromatic carbocycles. The van der Waals surface area contributed by atoms with Crippen LogP contribution in [0.5, 0.6) is 0 Å². The van der Waals surface area contributed by atoms with Crippen molar-refractivity contribution in [1.82, 2.24) is 0 Å². The highest BCUT2D eigenvalue weighted by Gasteiger charge is 2.48. The Kier molecular flexibility index (Phi) is 9.01. The predicted molar refractivity (Wildman–Crippen MR) is 165 cm³/mol. The molecule has 0 unspecified atom stereocenters. The molecule has 6 heteroatoms. The molecule has 4 rings (SSSR count). The minimum Gasteiger partial charge on any atom is -0.462 e. The first kappa shape index (κ1) is 29.5. The van der Waals surface area contributed by atoms with Crippen LogP contribution in [-0.2, 0) is 18.4 Å². The molecule has 1 fully saturated rings.